The van der Waals surface area contributed by atoms with Gasteiger partial charge in [0.15, 0.2) is 5.78 Å². The van der Waals surface area contributed by atoms with E-state index in [0.29, 0.717) is 16.6 Å². The van der Waals surface area contributed by atoms with Gasteiger partial charge in [-0.25, -0.2) is 4.39 Å². The normalized spacial score (nSPS) is 16.4. The average Bonchev–Trinajstić information content (AvgIpc) is 2.78. The number of Topliss-reactive ketones (excluding diaryl/α,β-unsaturated/α-hetero) is 1. The minimum Gasteiger partial charge on any atom is -0.293 e. The van der Waals surface area contributed by atoms with Gasteiger partial charge in [0.05, 0.1) is 5.75 Å². The molecule has 1 fully saturated rings. The average molecular weight is 252 g/mol. The fraction of sp³-hybridized carbons (Fsp3) is 0.500. The third-order valence-corrected chi connectivity index (χ3v) is 4.61. The first-order valence-corrected chi connectivity index (χ1v) is 7.12. The summed E-state index contributed by atoms with van der Waals surface area (Å²) in [6, 6.07) is 4.39. The largest absolute Gasteiger partial charge is 0.293 e. The lowest BCUT2D eigenvalue weighted by Crippen LogP contribution is -2.08. The van der Waals surface area contributed by atoms with Crippen LogP contribution in [-0.2, 0) is 0 Å². The molecule has 0 saturated heterocycles. The van der Waals surface area contributed by atoms with Gasteiger partial charge in [-0.3, -0.25) is 4.79 Å². The van der Waals surface area contributed by atoms with Crippen LogP contribution in [-0.4, -0.2) is 16.8 Å². The lowest BCUT2D eigenvalue weighted by molar-refractivity contribution is 0.102. The molecule has 0 aliphatic heterocycles. The third kappa shape index (κ3) is 3.32. The Bertz CT molecular complexity index is 411. The fourth-order valence-corrected chi connectivity index (χ4v) is 3.48. The van der Waals surface area contributed by atoms with Crippen molar-refractivity contribution in [3.63, 3.8) is 0 Å². The maximum Gasteiger partial charge on any atom is 0.172 e. The molecule has 1 saturated carbocycles. The van der Waals surface area contributed by atoms with Gasteiger partial charge in [-0.1, -0.05) is 12.8 Å². The Hall–Kier alpha value is -0.830. The van der Waals surface area contributed by atoms with Crippen LogP contribution in [0.2, 0.25) is 0 Å². The molecule has 0 bridgehead atoms. The molecule has 0 radical (unpaired) electrons. The van der Waals surface area contributed by atoms with Gasteiger partial charge in [-0.05, 0) is 43.5 Å². The minimum atomic E-state index is -0.275. The van der Waals surface area contributed by atoms with E-state index in [2.05, 4.69) is 0 Å². The fourth-order valence-electron chi connectivity index (χ4n) is 2.27. The summed E-state index contributed by atoms with van der Waals surface area (Å²) in [5.74, 6) is 0.374. The van der Waals surface area contributed by atoms with Crippen molar-refractivity contribution in [3.05, 3.63) is 35.1 Å². The molecule has 2 rings (SSSR count). The van der Waals surface area contributed by atoms with Gasteiger partial charge in [0, 0.05) is 10.8 Å². The highest BCUT2D eigenvalue weighted by Crippen LogP contribution is 2.29. The summed E-state index contributed by atoms with van der Waals surface area (Å²) in [4.78, 5) is 12.0. The molecule has 1 aliphatic carbocycles. The Morgan fingerprint density at radius 2 is 2.12 bits per heavy atom. The van der Waals surface area contributed by atoms with Crippen LogP contribution < -0.4 is 0 Å². The van der Waals surface area contributed by atoms with Crippen LogP contribution in [0.3, 0.4) is 0 Å². The van der Waals surface area contributed by atoms with Crippen molar-refractivity contribution in [2.24, 2.45) is 0 Å². The van der Waals surface area contributed by atoms with Crippen molar-refractivity contribution in [2.45, 2.75) is 37.9 Å². The second-order valence-corrected chi connectivity index (χ2v) is 5.89. The molecule has 0 heterocycles. The van der Waals surface area contributed by atoms with E-state index in [-0.39, 0.29) is 11.6 Å². The number of rotatable bonds is 4. The van der Waals surface area contributed by atoms with E-state index >= 15 is 0 Å². The molecule has 1 aromatic carbocycles. The van der Waals surface area contributed by atoms with Crippen LogP contribution in [0.15, 0.2) is 18.2 Å². The number of aryl methyl sites for hydroxylation is 1. The standard InChI is InChI=1S/C14H17FOS/c1-10-8-11(15)6-7-13(10)14(16)9-17-12-4-2-3-5-12/h6-8,12H,2-5,9H2,1H3. The number of carbonyl (C=O) groups excluding carboxylic acids is 1. The molecule has 0 spiro atoms. The van der Waals surface area contributed by atoms with E-state index in [1.165, 1.54) is 37.8 Å². The molecular weight excluding hydrogens is 235 g/mol. The van der Waals surface area contributed by atoms with Gasteiger partial charge >= 0.3 is 0 Å². The maximum atomic E-state index is 12.9. The third-order valence-electron chi connectivity index (χ3n) is 3.24. The van der Waals surface area contributed by atoms with Crippen LogP contribution in [0, 0.1) is 12.7 Å². The molecule has 0 N–H and O–H groups in total. The first kappa shape index (κ1) is 12.6. The van der Waals surface area contributed by atoms with Gasteiger partial charge < -0.3 is 0 Å². The molecule has 0 amide bonds. The Balaban J connectivity index is 1.94. The lowest BCUT2D eigenvalue weighted by Gasteiger charge is -2.09. The Morgan fingerprint density at radius 1 is 1.41 bits per heavy atom. The Labute approximate surface area is 106 Å². The zero-order chi connectivity index (χ0) is 12.3. The van der Waals surface area contributed by atoms with Gasteiger partial charge in [-0.15, -0.1) is 0 Å². The number of hydrogen-bond acceptors (Lipinski definition) is 2. The molecule has 1 aromatic rings. The van der Waals surface area contributed by atoms with Crippen molar-refractivity contribution in [3.8, 4) is 0 Å². The van der Waals surface area contributed by atoms with E-state index in [0.717, 1.165) is 5.56 Å². The van der Waals surface area contributed by atoms with Gasteiger partial charge in [-0.2, -0.15) is 11.8 Å². The van der Waals surface area contributed by atoms with E-state index in [4.69, 9.17) is 0 Å². The Morgan fingerprint density at radius 3 is 2.76 bits per heavy atom. The number of hydrogen-bond donors (Lipinski definition) is 0. The van der Waals surface area contributed by atoms with Crippen LogP contribution in [0.5, 0.6) is 0 Å². The molecule has 1 aliphatic rings. The topological polar surface area (TPSA) is 17.1 Å². The van der Waals surface area contributed by atoms with E-state index in [9.17, 15) is 9.18 Å². The van der Waals surface area contributed by atoms with Crippen LogP contribution in [0.25, 0.3) is 0 Å². The summed E-state index contributed by atoms with van der Waals surface area (Å²) >= 11 is 1.76. The van der Waals surface area contributed by atoms with Crippen LogP contribution in [0.4, 0.5) is 4.39 Å². The molecule has 0 atom stereocenters. The number of thioether (sulfide) groups is 1. The van der Waals surface area contributed by atoms with Crippen LogP contribution >= 0.6 is 11.8 Å². The molecule has 92 valence electrons. The molecule has 17 heavy (non-hydrogen) atoms. The van der Waals surface area contributed by atoms with Crippen molar-refractivity contribution >= 4 is 17.5 Å². The highest BCUT2D eigenvalue weighted by atomic mass is 32.2. The van der Waals surface area contributed by atoms with Gasteiger partial charge in [0.2, 0.25) is 0 Å². The summed E-state index contributed by atoms with van der Waals surface area (Å²) in [7, 11) is 0. The molecule has 3 heteroatoms. The van der Waals surface area contributed by atoms with Crippen molar-refractivity contribution in [2.75, 3.05) is 5.75 Å². The predicted octanol–water partition coefficient (Wildman–Crippen LogP) is 3.99. The van der Waals surface area contributed by atoms with Crippen LogP contribution in [0.1, 0.15) is 41.6 Å². The summed E-state index contributed by atoms with van der Waals surface area (Å²) in [6.07, 6.45) is 5.06. The second-order valence-electron chi connectivity index (χ2n) is 4.60. The van der Waals surface area contributed by atoms with Gasteiger partial charge in [0.1, 0.15) is 5.82 Å². The monoisotopic (exact) mass is 252 g/mol. The summed E-state index contributed by atoms with van der Waals surface area (Å²) < 4.78 is 12.9. The Kier molecular flexibility index (Phi) is 4.21. The molecule has 0 unspecified atom stereocenters. The maximum absolute atomic E-state index is 12.9. The highest BCUT2D eigenvalue weighted by Gasteiger charge is 2.18. The second kappa shape index (κ2) is 5.67. The zero-order valence-electron chi connectivity index (χ0n) is 10.0. The smallest absolute Gasteiger partial charge is 0.172 e. The zero-order valence-corrected chi connectivity index (χ0v) is 10.9. The number of benzene rings is 1. The minimum absolute atomic E-state index is 0.124. The number of halogens is 1. The summed E-state index contributed by atoms with van der Waals surface area (Å²) in [6.45, 7) is 1.79. The predicted molar refractivity (Wildman–Crippen MR) is 70.2 cm³/mol. The van der Waals surface area contributed by atoms with E-state index in [1.54, 1.807) is 24.8 Å². The quantitative estimate of drug-likeness (QED) is 0.754. The van der Waals surface area contributed by atoms with E-state index < -0.39 is 0 Å². The molecule has 0 aromatic heterocycles. The molecular formula is C14H17FOS. The number of carbonyl (C=O) groups is 1. The first-order valence-electron chi connectivity index (χ1n) is 6.08. The van der Waals surface area contributed by atoms with Crippen molar-refractivity contribution in [1.29, 1.82) is 0 Å². The van der Waals surface area contributed by atoms with Crippen molar-refractivity contribution < 1.29 is 9.18 Å². The molecule has 1 nitrogen and oxygen atoms in total. The van der Waals surface area contributed by atoms with E-state index in [1.807, 2.05) is 0 Å². The van der Waals surface area contributed by atoms with Gasteiger partial charge in [0.25, 0.3) is 0 Å². The summed E-state index contributed by atoms with van der Waals surface area (Å²) in [5.41, 5.74) is 1.40. The lowest BCUT2D eigenvalue weighted by atomic mass is 10.1. The SMILES string of the molecule is Cc1cc(F)ccc1C(=O)CSC1CCCC1. The summed E-state index contributed by atoms with van der Waals surface area (Å²) in [5, 5.41) is 0.653. The number of ketones is 1. The van der Waals surface area contributed by atoms with Crippen molar-refractivity contribution in [1.82, 2.24) is 0 Å². The highest BCUT2D eigenvalue weighted by molar-refractivity contribution is 8.00. The first-order chi connectivity index (χ1) is 8.16.